The van der Waals surface area contributed by atoms with Gasteiger partial charge in [0.15, 0.2) is 0 Å². The fraction of sp³-hybridized carbons (Fsp3) is 0.500. The van der Waals surface area contributed by atoms with E-state index < -0.39 is 10.8 Å². The lowest BCUT2D eigenvalue weighted by molar-refractivity contribution is -0.138. The first kappa shape index (κ1) is 13.2. The number of likely N-dealkylation sites (tertiary alicyclic amines) is 1. The third-order valence-corrected chi connectivity index (χ3v) is 4.32. The number of fused-ring (bicyclic) bond motifs is 2. The van der Waals surface area contributed by atoms with Crippen LogP contribution in [0.3, 0.4) is 0 Å². The number of rotatable bonds is 0. The van der Waals surface area contributed by atoms with E-state index in [1.54, 1.807) is 0 Å². The van der Waals surface area contributed by atoms with Crippen molar-refractivity contribution in [3.05, 3.63) is 29.8 Å². The zero-order valence-electron chi connectivity index (χ0n) is 12.2. The van der Waals surface area contributed by atoms with E-state index in [2.05, 4.69) is 5.32 Å². The van der Waals surface area contributed by atoms with Gasteiger partial charge in [0.2, 0.25) is 11.8 Å². The van der Waals surface area contributed by atoms with Gasteiger partial charge >= 0.3 is 0 Å². The third-order valence-electron chi connectivity index (χ3n) is 4.32. The second-order valence-electron chi connectivity index (χ2n) is 6.81. The van der Waals surface area contributed by atoms with Gasteiger partial charge < -0.3 is 10.2 Å². The first-order valence-corrected chi connectivity index (χ1v) is 7.05. The van der Waals surface area contributed by atoms with E-state index in [9.17, 15) is 9.59 Å². The van der Waals surface area contributed by atoms with Crippen molar-refractivity contribution in [2.24, 2.45) is 5.41 Å². The molecule has 2 heterocycles. The van der Waals surface area contributed by atoms with Crippen LogP contribution in [0.1, 0.15) is 32.8 Å². The van der Waals surface area contributed by atoms with Crippen LogP contribution < -0.4 is 5.32 Å². The Labute approximate surface area is 119 Å². The van der Waals surface area contributed by atoms with Crippen molar-refractivity contribution < 1.29 is 9.59 Å². The highest BCUT2D eigenvalue weighted by molar-refractivity contribution is 6.07. The molecule has 1 saturated heterocycles. The summed E-state index contributed by atoms with van der Waals surface area (Å²) in [5, 5.41) is 2.95. The molecule has 0 radical (unpaired) electrons. The molecule has 1 atom stereocenters. The van der Waals surface area contributed by atoms with Crippen LogP contribution in [0.2, 0.25) is 0 Å². The van der Waals surface area contributed by atoms with Crippen LogP contribution in [0.5, 0.6) is 0 Å². The van der Waals surface area contributed by atoms with Gasteiger partial charge in [-0.2, -0.15) is 0 Å². The molecule has 0 unspecified atom stereocenters. The third kappa shape index (κ3) is 1.74. The molecule has 2 amide bonds. The van der Waals surface area contributed by atoms with Gasteiger partial charge in [0.25, 0.3) is 0 Å². The molecule has 1 spiro atoms. The molecule has 4 heteroatoms. The van der Waals surface area contributed by atoms with Crippen LogP contribution in [0.25, 0.3) is 0 Å². The Bertz CT molecular complexity index is 588. The molecule has 2 aliphatic rings. The zero-order valence-corrected chi connectivity index (χ0v) is 12.2. The van der Waals surface area contributed by atoms with Crippen LogP contribution >= 0.6 is 0 Å². The van der Waals surface area contributed by atoms with Crippen molar-refractivity contribution in [2.45, 2.75) is 32.6 Å². The molecule has 4 nitrogen and oxygen atoms in total. The van der Waals surface area contributed by atoms with E-state index in [1.165, 1.54) is 0 Å². The number of hydrogen-bond acceptors (Lipinski definition) is 2. The first-order valence-electron chi connectivity index (χ1n) is 7.05. The van der Waals surface area contributed by atoms with Crippen molar-refractivity contribution >= 4 is 17.5 Å². The van der Waals surface area contributed by atoms with Crippen molar-refractivity contribution in [1.29, 1.82) is 0 Å². The number of nitrogens with zero attached hydrogens (tertiary/aromatic N) is 1. The van der Waals surface area contributed by atoms with E-state index in [-0.39, 0.29) is 11.8 Å². The van der Waals surface area contributed by atoms with Gasteiger partial charge in [-0.05, 0) is 18.1 Å². The van der Waals surface area contributed by atoms with Crippen molar-refractivity contribution in [3.63, 3.8) is 0 Å². The van der Waals surface area contributed by atoms with Crippen molar-refractivity contribution in [1.82, 2.24) is 4.90 Å². The number of amides is 2. The molecule has 1 N–H and O–H groups in total. The van der Waals surface area contributed by atoms with E-state index in [1.807, 2.05) is 49.9 Å². The zero-order chi connectivity index (χ0) is 14.5. The summed E-state index contributed by atoms with van der Waals surface area (Å²) < 4.78 is 0. The minimum atomic E-state index is -0.544. The molecule has 2 aliphatic heterocycles. The van der Waals surface area contributed by atoms with E-state index in [4.69, 9.17) is 0 Å². The van der Waals surface area contributed by atoms with Gasteiger partial charge in [0.05, 0.1) is 5.41 Å². The highest BCUT2D eigenvalue weighted by atomic mass is 16.2. The summed E-state index contributed by atoms with van der Waals surface area (Å²) in [6.07, 6.45) is 0.706. The number of nitrogens with one attached hydrogen (secondary N) is 1. The largest absolute Gasteiger partial charge is 0.341 e. The minimum absolute atomic E-state index is 0.0305. The number of carbonyl (C=O) groups is 2. The summed E-state index contributed by atoms with van der Waals surface area (Å²) >= 11 is 0. The summed E-state index contributed by atoms with van der Waals surface area (Å²) in [6, 6.07) is 7.80. The number of carbonyl (C=O) groups excluding carboxylic acids is 2. The summed E-state index contributed by atoms with van der Waals surface area (Å²) in [6.45, 7) is 6.90. The summed E-state index contributed by atoms with van der Waals surface area (Å²) in [4.78, 5) is 26.7. The van der Waals surface area contributed by atoms with E-state index in [0.717, 1.165) is 11.3 Å². The van der Waals surface area contributed by atoms with Gasteiger partial charge in [0, 0.05) is 24.2 Å². The van der Waals surface area contributed by atoms with E-state index >= 15 is 0 Å². The lowest BCUT2D eigenvalue weighted by Gasteiger charge is -2.27. The maximum atomic E-state index is 12.4. The molecule has 0 bridgehead atoms. The molecule has 0 aromatic heterocycles. The Morgan fingerprint density at radius 2 is 2.00 bits per heavy atom. The number of benzene rings is 1. The predicted octanol–water partition coefficient (Wildman–Crippen LogP) is 2.15. The maximum Gasteiger partial charge on any atom is 0.236 e. The lowest BCUT2D eigenvalue weighted by Crippen LogP contribution is -2.42. The predicted molar refractivity (Wildman–Crippen MR) is 77.4 cm³/mol. The molecular weight excluding hydrogens is 252 g/mol. The summed E-state index contributed by atoms with van der Waals surface area (Å²) in [5.41, 5.74) is 0.981. The molecule has 3 rings (SSSR count). The fourth-order valence-electron chi connectivity index (χ4n) is 3.24. The minimum Gasteiger partial charge on any atom is -0.341 e. The van der Waals surface area contributed by atoms with Gasteiger partial charge in [0.1, 0.15) is 0 Å². The molecular formula is C16H20N2O2. The molecule has 0 aliphatic carbocycles. The lowest BCUT2D eigenvalue weighted by atomic mass is 9.81. The van der Waals surface area contributed by atoms with Gasteiger partial charge in [-0.3, -0.25) is 9.59 Å². The van der Waals surface area contributed by atoms with Crippen LogP contribution in [0, 0.1) is 5.41 Å². The Hall–Kier alpha value is -1.84. The topological polar surface area (TPSA) is 49.4 Å². The molecule has 20 heavy (non-hydrogen) atoms. The van der Waals surface area contributed by atoms with Gasteiger partial charge in [-0.25, -0.2) is 0 Å². The Kier molecular flexibility index (Phi) is 2.68. The smallest absolute Gasteiger partial charge is 0.236 e. The number of hydrogen-bond donors (Lipinski definition) is 1. The van der Waals surface area contributed by atoms with Crippen LogP contribution in [0.4, 0.5) is 5.69 Å². The molecule has 0 saturated carbocycles. The van der Waals surface area contributed by atoms with Crippen LogP contribution in [-0.4, -0.2) is 29.8 Å². The normalized spacial score (nSPS) is 24.9. The maximum absolute atomic E-state index is 12.4. The average molecular weight is 272 g/mol. The first-order chi connectivity index (χ1) is 9.34. The molecule has 1 fully saturated rings. The average Bonchev–Trinajstić information content (AvgIpc) is 2.93. The summed E-state index contributed by atoms with van der Waals surface area (Å²) in [5.74, 6) is 0.148. The van der Waals surface area contributed by atoms with Gasteiger partial charge in [-0.1, -0.05) is 39.0 Å². The Balaban J connectivity index is 1.93. The molecule has 1 aromatic rings. The number of para-hydroxylation sites is 1. The van der Waals surface area contributed by atoms with Crippen molar-refractivity contribution in [2.75, 3.05) is 18.4 Å². The number of anilines is 1. The Morgan fingerprint density at radius 3 is 2.70 bits per heavy atom. The standard InChI is InChI=1S/C16H20N2O2/c1-15(2,3)14(20)18-9-8-16(10-18)11-6-4-5-7-12(11)17-13(16)19/h4-7H,8-10H2,1-3H3,(H,17,19)/t16-/m0/s1. The monoisotopic (exact) mass is 272 g/mol. The second-order valence-corrected chi connectivity index (χ2v) is 6.81. The highest BCUT2D eigenvalue weighted by Crippen LogP contribution is 2.44. The van der Waals surface area contributed by atoms with E-state index in [0.29, 0.717) is 19.5 Å². The molecule has 1 aromatic carbocycles. The van der Waals surface area contributed by atoms with Gasteiger partial charge in [-0.15, -0.1) is 0 Å². The SMILES string of the molecule is CC(C)(C)C(=O)N1CC[C@@]2(C1)C(=O)Nc1ccccc12. The highest BCUT2D eigenvalue weighted by Gasteiger charge is 2.52. The quantitative estimate of drug-likeness (QED) is 0.786. The molecule has 106 valence electrons. The fourth-order valence-corrected chi connectivity index (χ4v) is 3.24. The van der Waals surface area contributed by atoms with Crippen molar-refractivity contribution in [3.8, 4) is 0 Å². The Morgan fingerprint density at radius 1 is 1.30 bits per heavy atom. The summed E-state index contributed by atoms with van der Waals surface area (Å²) in [7, 11) is 0. The van der Waals surface area contributed by atoms with Crippen LogP contribution in [0.15, 0.2) is 24.3 Å². The second kappa shape index (κ2) is 4.08. The van der Waals surface area contributed by atoms with Crippen LogP contribution in [-0.2, 0) is 15.0 Å².